The zero-order chi connectivity index (χ0) is 19.0. The molecule has 3 nitrogen and oxygen atoms in total. The monoisotopic (exact) mass is 427 g/mol. The van der Waals surface area contributed by atoms with Crippen molar-refractivity contribution in [2.24, 2.45) is 5.92 Å². The molecular weight excluding hydrogens is 394 g/mol. The van der Waals surface area contributed by atoms with Crippen LogP contribution >= 0.6 is 15.9 Å². The summed E-state index contributed by atoms with van der Waals surface area (Å²) in [6.07, 6.45) is 3.75. The Hall–Kier alpha value is -0.393. The summed E-state index contributed by atoms with van der Waals surface area (Å²) in [7, 11) is -0.103. The summed E-state index contributed by atoms with van der Waals surface area (Å²) in [5, 5.41) is 0.197. The summed E-state index contributed by atoms with van der Waals surface area (Å²) in [6, 6.07) is 0. The molecule has 0 N–H and O–H groups in total. The highest BCUT2D eigenvalue weighted by molar-refractivity contribution is 9.10. The van der Waals surface area contributed by atoms with Crippen molar-refractivity contribution >= 4 is 24.2 Å². The Morgan fingerprint density at radius 2 is 1.84 bits per heavy atom. The van der Waals surface area contributed by atoms with Crippen LogP contribution in [0.15, 0.2) is 4.47 Å². The molecule has 0 saturated heterocycles. The Labute approximate surface area is 163 Å². The number of aromatic nitrogens is 1. The van der Waals surface area contributed by atoms with Crippen LogP contribution in [0.1, 0.15) is 70.2 Å². The Morgan fingerprint density at radius 1 is 1.24 bits per heavy atom. The number of nitrogens with zero attached hydrogens (tertiary/aromatic N) is 1. The smallest absolute Gasteiger partial charge is 0.217 e. The third-order valence-corrected chi connectivity index (χ3v) is 11.0. The molecule has 1 aliphatic rings. The van der Waals surface area contributed by atoms with E-state index in [1.807, 2.05) is 0 Å². The molecule has 0 atom stereocenters. The topological polar surface area (TPSA) is 31.4 Å². The lowest BCUT2D eigenvalue weighted by molar-refractivity contribution is 0.268. The van der Waals surface area contributed by atoms with E-state index in [0.29, 0.717) is 12.5 Å². The summed E-state index contributed by atoms with van der Waals surface area (Å²) >= 11 is 3.88. The van der Waals surface area contributed by atoms with Gasteiger partial charge in [-0.15, -0.1) is 0 Å². The van der Waals surface area contributed by atoms with Gasteiger partial charge in [0.15, 0.2) is 8.32 Å². The molecule has 25 heavy (non-hydrogen) atoms. The van der Waals surface area contributed by atoms with Gasteiger partial charge in [0.2, 0.25) is 5.88 Å². The molecule has 1 heterocycles. The third-order valence-electron chi connectivity index (χ3n) is 5.65. The van der Waals surface area contributed by atoms with E-state index >= 15 is 0 Å². The second-order valence-electron chi connectivity index (χ2n) is 9.13. The van der Waals surface area contributed by atoms with Crippen LogP contribution in [0.4, 0.5) is 0 Å². The minimum Gasteiger partial charge on any atom is -0.481 e. The molecule has 0 aromatic carbocycles. The summed E-state index contributed by atoms with van der Waals surface area (Å²) in [5.41, 5.74) is 3.55. The average Bonchev–Trinajstić information content (AvgIpc) is 3.29. The van der Waals surface area contributed by atoms with E-state index in [1.165, 1.54) is 28.4 Å². The fraction of sp³-hybridized carbons (Fsp3) is 0.750. The van der Waals surface area contributed by atoms with Crippen molar-refractivity contribution in [2.75, 3.05) is 7.11 Å². The fourth-order valence-corrected chi connectivity index (χ4v) is 4.64. The maximum atomic E-state index is 6.48. The van der Waals surface area contributed by atoms with Crippen LogP contribution in [0.5, 0.6) is 5.88 Å². The van der Waals surface area contributed by atoms with Crippen LogP contribution in [-0.4, -0.2) is 20.4 Å². The summed E-state index contributed by atoms with van der Waals surface area (Å²) in [6.45, 7) is 16.4. The molecule has 5 heteroatoms. The highest BCUT2D eigenvalue weighted by atomic mass is 79.9. The van der Waals surface area contributed by atoms with Crippen molar-refractivity contribution in [1.82, 2.24) is 4.98 Å². The zero-order valence-electron chi connectivity index (χ0n) is 17.1. The second-order valence-corrected chi connectivity index (χ2v) is 14.7. The van der Waals surface area contributed by atoms with Gasteiger partial charge in [0, 0.05) is 10.0 Å². The molecule has 142 valence electrons. The first-order valence-corrected chi connectivity index (χ1v) is 13.1. The molecule has 1 aromatic rings. The lowest BCUT2D eigenvalue weighted by atomic mass is 9.98. The number of ether oxygens (including phenoxy) is 1. The third kappa shape index (κ3) is 4.86. The van der Waals surface area contributed by atoms with Gasteiger partial charge in [0.05, 0.1) is 19.4 Å². The highest BCUT2D eigenvalue weighted by Gasteiger charge is 2.37. The van der Waals surface area contributed by atoms with Crippen molar-refractivity contribution < 1.29 is 9.16 Å². The minimum absolute atomic E-state index is 0.197. The molecule has 0 unspecified atom stereocenters. The molecule has 0 bridgehead atoms. The molecule has 2 rings (SSSR count). The minimum atomic E-state index is -1.81. The molecule has 1 fully saturated rings. The molecule has 0 spiro atoms. The van der Waals surface area contributed by atoms with Crippen molar-refractivity contribution in [3.05, 3.63) is 21.3 Å². The molecule has 0 amide bonds. The van der Waals surface area contributed by atoms with Crippen molar-refractivity contribution in [3.63, 3.8) is 0 Å². The fourth-order valence-electron chi connectivity index (χ4n) is 2.69. The summed E-state index contributed by atoms with van der Waals surface area (Å²) in [4.78, 5) is 4.88. The quantitative estimate of drug-likeness (QED) is 0.468. The number of halogens is 1. The number of hydrogen-bond acceptors (Lipinski definition) is 3. The summed E-state index contributed by atoms with van der Waals surface area (Å²) < 4.78 is 13.3. The van der Waals surface area contributed by atoms with Crippen LogP contribution in [-0.2, 0) is 17.5 Å². The normalized spacial score (nSPS) is 15.8. The standard InChI is InChI=1S/C20H34BrNO2Si/c1-13(2)17-18(21)15(11-14-9-10-14)16(22-19(17)23-6)12-24-25(7,8)20(3,4)5/h13-14H,9-12H2,1-8H3. The average molecular weight is 428 g/mol. The van der Waals surface area contributed by atoms with Gasteiger partial charge in [-0.1, -0.05) is 34.6 Å². The van der Waals surface area contributed by atoms with E-state index in [2.05, 4.69) is 63.6 Å². The number of pyridine rings is 1. The second kappa shape index (κ2) is 7.69. The number of hydrogen-bond donors (Lipinski definition) is 0. The molecule has 1 aliphatic carbocycles. The molecule has 1 saturated carbocycles. The van der Waals surface area contributed by atoms with Crippen LogP contribution < -0.4 is 4.74 Å². The van der Waals surface area contributed by atoms with Crippen molar-refractivity contribution in [3.8, 4) is 5.88 Å². The van der Waals surface area contributed by atoms with Crippen LogP contribution in [0, 0.1) is 5.92 Å². The molecule has 1 aromatic heterocycles. The number of methoxy groups -OCH3 is 1. The maximum Gasteiger partial charge on any atom is 0.217 e. The van der Waals surface area contributed by atoms with E-state index in [9.17, 15) is 0 Å². The van der Waals surface area contributed by atoms with Gasteiger partial charge in [-0.2, -0.15) is 0 Å². The zero-order valence-corrected chi connectivity index (χ0v) is 19.7. The SMILES string of the molecule is COc1nc(CO[Si](C)(C)C(C)(C)C)c(CC2CC2)c(Br)c1C(C)C. The first-order valence-electron chi connectivity index (χ1n) is 9.37. The lowest BCUT2D eigenvalue weighted by Crippen LogP contribution is -2.40. The van der Waals surface area contributed by atoms with E-state index < -0.39 is 8.32 Å². The largest absolute Gasteiger partial charge is 0.481 e. The Balaban J connectivity index is 2.39. The maximum absolute atomic E-state index is 6.48. The lowest BCUT2D eigenvalue weighted by Gasteiger charge is -2.36. The van der Waals surface area contributed by atoms with E-state index in [0.717, 1.165) is 23.9 Å². The van der Waals surface area contributed by atoms with Crippen LogP contribution in [0.25, 0.3) is 0 Å². The van der Waals surface area contributed by atoms with Crippen LogP contribution in [0.2, 0.25) is 18.1 Å². The Morgan fingerprint density at radius 3 is 2.28 bits per heavy atom. The van der Waals surface area contributed by atoms with Crippen molar-refractivity contribution in [2.45, 2.75) is 84.5 Å². The van der Waals surface area contributed by atoms with Gasteiger partial charge >= 0.3 is 0 Å². The van der Waals surface area contributed by atoms with Gasteiger partial charge in [-0.05, 0) is 70.7 Å². The van der Waals surface area contributed by atoms with Gasteiger partial charge in [-0.3, -0.25) is 0 Å². The Kier molecular flexibility index (Phi) is 6.43. The van der Waals surface area contributed by atoms with Crippen LogP contribution in [0.3, 0.4) is 0 Å². The predicted octanol–water partition coefficient (Wildman–Crippen LogP) is 6.45. The van der Waals surface area contributed by atoms with Crippen molar-refractivity contribution in [1.29, 1.82) is 0 Å². The predicted molar refractivity (Wildman–Crippen MR) is 111 cm³/mol. The van der Waals surface area contributed by atoms with Gasteiger partial charge < -0.3 is 9.16 Å². The highest BCUT2D eigenvalue weighted by Crippen LogP contribution is 2.42. The Bertz CT molecular complexity index is 619. The first kappa shape index (κ1) is 20.9. The molecule has 0 radical (unpaired) electrons. The first-order chi connectivity index (χ1) is 11.5. The van der Waals surface area contributed by atoms with Gasteiger partial charge in [0.1, 0.15) is 0 Å². The van der Waals surface area contributed by atoms with E-state index in [-0.39, 0.29) is 5.04 Å². The van der Waals surface area contributed by atoms with E-state index in [4.69, 9.17) is 14.1 Å². The van der Waals surface area contributed by atoms with E-state index in [1.54, 1.807) is 7.11 Å². The van der Waals surface area contributed by atoms with Gasteiger partial charge in [0.25, 0.3) is 0 Å². The summed E-state index contributed by atoms with van der Waals surface area (Å²) in [5.74, 6) is 1.90. The molecule has 0 aliphatic heterocycles. The molecular formula is C20H34BrNO2Si. The van der Waals surface area contributed by atoms with Gasteiger partial charge in [-0.25, -0.2) is 4.98 Å². The number of rotatable bonds is 7.